The molecule has 0 aromatic heterocycles. The summed E-state index contributed by atoms with van der Waals surface area (Å²) < 4.78 is 1.35. The molecule has 0 N–H and O–H groups in total. The van der Waals surface area contributed by atoms with E-state index in [1.165, 1.54) is 66.9 Å². The summed E-state index contributed by atoms with van der Waals surface area (Å²) in [4.78, 5) is 0. The fourth-order valence-corrected chi connectivity index (χ4v) is 5.83. The molecule has 0 radical (unpaired) electrons. The Bertz CT molecular complexity index is 659. The lowest BCUT2D eigenvalue weighted by molar-refractivity contribution is 0.160. The fourth-order valence-electron chi connectivity index (χ4n) is 5.47. The third-order valence-electron chi connectivity index (χ3n) is 7.04. The molecule has 2 aromatic rings. The summed E-state index contributed by atoms with van der Waals surface area (Å²) >= 11 is 2.41. The highest BCUT2D eigenvalue weighted by molar-refractivity contribution is 14.1. The van der Waals surface area contributed by atoms with Gasteiger partial charge in [0, 0.05) is 3.57 Å². The van der Waals surface area contributed by atoms with Crippen LogP contribution in [0.2, 0.25) is 0 Å². The van der Waals surface area contributed by atoms with Gasteiger partial charge >= 0.3 is 0 Å². The molecule has 2 aromatic carbocycles. The summed E-state index contributed by atoms with van der Waals surface area (Å²) in [5.74, 6) is 3.77. The Kier molecular flexibility index (Phi) is 6.35. The molecule has 2 saturated carbocycles. The molecule has 2 fully saturated rings. The summed E-state index contributed by atoms with van der Waals surface area (Å²) in [5.41, 5.74) is 3.12. The molecule has 138 valence electrons. The van der Waals surface area contributed by atoms with Crippen LogP contribution in [0.4, 0.5) is 0 Å². The van der Waals surface area contributed by atoms with Crippen LogP contribution in [0.25, 0.3) is 0 Å². The van der Waals surface area contributed by atoms with Crippen LogP contribution in [0.15, 0.2) is 54.6 Å². The molecule has 4 rings (SSSR count). The molecular weight excluding hydrogens is 427 g/mol. The Hall–Kier alpha value is -0.830. The van der Waals surface area contributed by atoms with Gasteiger partial charge in [0.1, 0.15) is 0 Å². The lowest BCUT2D eigenvalue weighted by atomic mass is 9.68. The van der Waals surface area contributed by atoms with Crippen molar-refractivity contribution in [2.45, 2.75) is 63.7 Å². The third-order valence-corrected chi connectivity index (χ3v) is 7.76. The molecule has 0 spiro atoms. The van der Waals surface area contributed by atoms with Gasteiger partial charge in [-0.05, 0) is 127 Å². The Morgan fingerprint density at radius 2 is 1.23 bits per heavy atom. The number of hydrogen-bond acceptors (Lipinski definition) is 0. The molecule has 0 unspecified atom stereocenters. The first-order chi connectivity index (χ1) is 12.8. The van der Waals surface area contributed by atoms with Crippen LogP contribution in [0.3, 0.4) is 0 Å². The average Bonchev–Trinajstić information content (AvgIpc) is 2.70. The fraction of sp³-hybridized carbons (Fsp3) is 0.520. The predicted molar refractivity (Wildman–Crippen MR) is 119 cm³/mol. The molecule has 2 aliphatic rings. The minimum atomic E-state index is 0.817. The number of halogens is 1. The molecule has 0 nitrogen and oxygen atoms in total. The molecule has 0 bridgehead atoms. The first kappa shape index (κ1) is 18.5. The second kappa shape index (κ2) is 8.91. The lowest BCUT2D eigenvalue weighted by Gasteiger charge is -2.38. The van der Waals surface area contributed by atoms with E-state index in [1.54, 1.807) is 5.56 Å². The highest BCUT2D eigenvalue weighted by Crippen LogP contribution is 2.44. The first-order valence-electron chi connectivity index (χ1n) is 10.6. The van der Waals surface area contributed by atoms with Gasteiger partial charge in [-0.2, -0.15) is 0 Å². The predicted octanol–water partition coefficient (Wildman–Crippen LogP) is 7.61. The topological polar surface area (TPSA) is 0 Å². The zero-order chi connectivity index (χ0) is 17.8. The minimum Gasteiger partial charge on any atom is -0.0622 e. The molecule has 26 heavy (non-hydrogen) atoms. The van der Waals surface area contributed by atoms with E-state index in [2.05, 4.69) is 77.2 Å². The Morgan fingerprint density at radius 1 is 0.654 bits per heavy atom. The monoisotopic (exact) mass is 458 g/mol. The average molecular weight is 458 g/mol. The van der Waals surface area contributed by atoms with Crippen LogP contribution < -0.4 is 0 Å². The molecule has 0 heterocycles. The van der Waals surface area contributed by atoms with Gasteiger partial charge < -0.3 is 0 Å². The maximum absolute atomic E-state index is 2.41. The van der Waals surface area contributed by atoms with Crippen molar-refractivity contribution in [3.8, 4) is 0 Å². The van der Waals surface area contributed by atoms with E-state index in [9.17, 15) is 0 Å². The molecular formula is C25H31I. The van der Waals surface area contributed by atoms with E-state index in [0.717, 1.165) is 23.7 Å². The summed E-state index contributed by atoms with van der Waals surface area (Å²) in [6, 6.07) is 20.4. The van der Waals surface area contributed by atoms with E-state index >= 15 is 0 Å². The molecule has 0 atom stereocenters. The van der Waals surface area contributed by atoms with Gasteiger partial charge in [-0.1, -0.05) is 42.5 Å². The van der Waals surface area contributed by atoms with Crippen molar-refractivity contribution >= 4 is 22.6 Å². The molecule has 0 aliphatic heterocycles. The highest BCUT2D eigenvalue weighted by Gasteiger charge is 2.31. The summed E-state index contributed by atoms with van der Waals surface area (Å²) in [6.45, 7) is 0. The van der Waals surface area contributed by atoms with Gasteiger partial charge in [-0.3, -0.25) is 0 Å². The van der Waals surface area contributed by atoms with Gasteiger partial charge in [0.15, 0.2) is 0 Å². The van der Waals surface area contributed by atoms with Gasteiger partial charge in [0.05, 0.1) is 0 Å². The van der Waals surface area contributed by atoms with Crippen LogP contribution in [0.1, 0.15) is 68.4 Å². The quantitative estimate of drug-likeness (QED) is 0.414. The van der Waals surface area contributed by atoms with E-state index < -0.39 is 0 Å². The van der Waals surface area contributed by atoms with Crippen LogP contribution in [-0.4, -0.2) is 0 Å². The second-order valence-electron chi connectivity index (χ2n) is 8.63. The van der Waals surface area contributed by atoms with Crippen molar-refractivity contribution in [3.63, 3.8) is 0 Å². The standard InChI is InChI=1S/C25H31I/c26-25-16-14-24(15-17-25)23-12-10-22(11-13-23)21-8-6-20(7-9-21)18-19-4-2-1-3-5-19/h1-5,14-17,20-23H,6-13,18H2. The van der Waals surface area contributed by atoms with Crippen LogP contribution in [0, 0.1) is 21.3 Å². The smallest absolute Gasteiger partial charge is 0.0130 e. The SMILES string of the molecule is Ic1ccc(C2CCC(C3CCC(Cc4ccccc4)CC3)CC2)cc1. The number of rotatable bonds is 4. The maximum Gasteiger partial charge on any atom is 0.0130 e. The van der Waals surface area contributed by atoms with Crippen LogP contribution in [0.5, 0.6) is 0 Å². The molecule has 0 amide bonds. The van der Waals surface area contributed by atoms with E-state index in [1.807, 2.05) is 0 Å². The van der Waals surface area contributed by atoms with Crippen LogP contribution >= 0.6 is 22.6 Å². The molecule has 1 heteroatoms. The molecule has 2 aliphatic carbocycles. The number of hydrogen-bond donors (Lipinski definition) is 0. The first-order valence-corrected chi connectivity index (χ1v) is 11.6. The Labute approximate surface area is 172 Å². The highest BCUT2D eigenvalue weighted by atomic mass is 127. The third kappa shape index (κ3) is 4.71. The van der Waals surface area contributed by atoms with Crippen molar-refractivity contribution in [1.29, 1.82) is 0 Å². The maximum atomic E-state index is 2.41. The number of benzene rings is 2. The second-order valence-corrected chi connectivity index (χ2v) is 9.88. The lowest BCUT2D eigenvalue weighted by Crippen LogP contribution is -2.26. The molecule has 0 saturated heterocycles. The van der Waals surface area contributed by atoms with Crippen molar-refractivity contribution in [3.05, 3.63) is 69.3 Å². The normalized spacial score (nSPS) is 29.4. The van der Waals surface area contributed by atoms with Gasteiger partial charge in [0.25, 0.3) is 0 Å². The van der Waals surface area contributed by atoms with E-state index in [0.29, 0.717) is 0 Å². The van der Waals surface area contributed by atoms with E-state index in [-0.39, 0.29) is 0 Å². The Morgan fingerprint density at radius 3 is 1.85 bits per heavy atom. The van der Waals surface area contributed by atoms with Gasteiger partial charge in [-0.25, -0.2) is 0 Å². The largest absolute Gasteiger partial charge is 0.0622 e. The summed E-state index contributed by atoms with van der Waals surface area (Å²) in [6.07, 6.45) is 12.9. The Balaban J connectivity index is 1.24. The minimum absolute atomic E-state index is 0.817. The van der Waals surface area contributed by atoms with Crippen molar-refractivity contribution in [2.75, 3.05) is 0 Å². The summed E-state index contributed by atoms with van der Waals surface area (Å²) in [7, 11) is 0. The van der Waals surface area contributed by atoms with Crippen LogP contribution in [-0.2, 0) is 6.42 Å². The zero-order valence-corrected chi connectivity index (χ0v) is 17.9. The van der Waals surface area contributed by atoms with Crippen molar-refractivity contribution in [1.82, 2.24) is 0 Å². The van der Waals surface area contributed by atoms with E-state index in [4.69, 9.17) is 0 Å². The summed E-state index contributed by atoms with van der Waals surface area (Å²) in [5, 5.41) is 0. The van der Waals surface area contributed by atoms with Crippen molar-refractivity contribution < 1.29 is 0 Å². The zero-order valence-electron chi connectivity index (χ0n) is 15.7. The van der Waals surface area contributed by atoms with Crippen molar-refractivity contribution in [2.24, 2.45) is 17.8 Å². The van der Waals surface area contributed by atoms with Gasteiger partial charge in [-0.15, -0.1) is 0 Å². The van der Waals surface area contributed by atoms with Gasteiger partial charge in [0.2, 0.25) is 0 Å².